The van der Waals surface area contributed by atoms with Crippen molar-refractivity contribution in [2.24, 2.45) is 0 Å². The van der Waals surface area contributed by atoms with Crippen molar-refractivity contribution in [3.8, 4) is 56.7 Å². The summed E-state index contributed by atoms with van der Waals surface area (Å²) in [6.07, 6.45) is 0. The molecule has 47 heavy (non-hydrogen) atoms. The number of rotatable bonds is 5. The fraction of sp³-hybridized carbons (Fsp3) is 0. The van der Waals surface area contributed by atoms with Crippen LogP contribution in [0.4, 0.5) is 0 Å². The predicted molar refractivity (Wildman–Crippen MR) is 190 cm³/mol. The first kappa shape index (κ1) is 26.9. The normalized spacial score (nSPS) is 11.4. The van der Waals surface area contributed by atoms with E-state index in [1.54, 1.807) is 0 Å². The summed E-state index contributed by atoms with van der Waals surface area (Å²) in [4.78, 5) is 20.0. The van der Waals surface area contributed by atoms with Gasteiger partial charge in [-0.15, -0.1) is 0 Å². The molecule has 0 atom stereocenters. The van der Waals surface area contributed by atoms with Crippen LogP contribution in [0.25, 0.3) is 89.4 Å². The molecule has 0 saturated heterocycles. The van der Waals surface area contributed by atoms with E-state index in [-0.39, 0.29) is 0 Å². The molecule has 0 radical (unpaired) electrons. The van der Waals surface area contributed by atoms with Crippen molar-refractivity contribution in [1.29, 1.82) is 0 Å². The number of benzene rings is 7. The second-order valence-corrected chi connectivity index (χ2v) is 11.5. The maximum atomic E-state index is 6.47. The van der Waals surface area contributed by atoms with Crippen LogP contribution < -0.4 is 0 Å². The van der Waals surface area contributed by atoms with Gasteiger partial charge in [-0.05, 0) is 57.6 Å². The first-order valence-electron chi connectivity index (χ1n) is 15.6. The summed E-state index contributed by atoms with van der Waals surface area (Å²) in [5.41, 5.74) is 7.33. The topological polar surface area (TPSA) is 64.7 Å². The Balaban J connectivity index is 1.24. The minimum atomic E-state index is 0.570. The van der Waals surface area contributed by atoms with Crippen LogP contribution in [0.2, 0.25) is 0 Å². The lowest BCUT2D eigenvalue weighted by Crippen LogP contribution is -2.00. The van der Waals surface area contributed by atoms with Gasteiger partial charge < -0.3 is 4.42 Å². The quantitative estimate of drug-likeness (QED) is 0.196. The molecular formula is C42H26N4O. The third-order valence-electron chi connectivity index (χ3n) is 8.53. The van der Waals surface area contributed by atoms with Crippen molar-refractivity contribution in [3.63, 3.8) is 0 Å². The first-order chi connectivity index (χ1) is 23.3. The first-order valence-corrected chi connectivity index (χ1v) is 15.6. The van der Waals surface area contributed by atoms with Crippen molar-refractivity contribution in [1.82, 2.24) is 19.9 Å². The van der Waals surface area contributed by atoms with E-state index in [0.717, 1.165) is 49.7 Å². The van der Waals surface area contributed by atoms with Crippen LogP contribution in [0.5, 0.6) is 0 Å². The number of hydrogen-bond acceptors (Lipinski definition) is 5. The summed E-state index contributed by atoms with van der Waals surface area (Å²) in [7, 11) is 0. The summed E-state index contributed by atoms with van der Waals surface area (Å²) < 4.78 is 6.47. The Kier molecular flexibility index (Phi) is 6.39. The molecule has 2 heterocycles. The highest BCUT2D eigenvalue weighted by atomic mass is 16.3. The van der Waals surface area contributed by atoms with E-state index in [4.69, 9.17) is 24.4 Å². The smallest absolute Gasteiger partial charge is 0.227 e. The highest BCUT2D eigenvalue weighted by Gasteiger charge is 2.19. The molecule has 9 aromatic rings. The minimum Gasteiger partial charge on any atom is -0.435 e. The molecule has 0 unspecified atom stereocenters. The SMILES string of the molecule is c1ccc(-c2nc(-c3cccc(-c4ccc5ccccc5c4)c3)nc(-c3cccc4ccc5nc(-c6ccccc6)oc5c34)n2)cc1. The average Bonchev–Trinajstić information content (AvgIpc) is 3.60. The largest absolute Gasteiger partial charge is 0.435 e. The van der Waals surface area contributed by atoms with Crippen molar-refractivity contribution < 1.29 is 4.42 Å². The molecule has 0 amide bonds. The third-order valence-corrected chi connectivity index (χ3v) is 8.53. The zero-order chi connectivity index (χ0) is 31.2. The van der Waals surface area contributed by atoms with Crippen LogP contribution in [0.1, 0.15) is 0 Å². The lowest BCUT2D eigenvalue weighted by Gasteiger charge is -2.11. The monoisotopic (exact) mass is 602 g/mol. The summed E-state index contributed by atoms with van der Waals surface area (Å²) in [6, 6.07) is 53.6. The fourth-order valence-electron chi connectivity index (χ4n) is 6.19. The van der Waals surface area contributed by atoms with Gasteiger partial charge in [-0.1, -0.05) is 127 Å². The molecule has 9 rings (SSSR count). The summed E-state index contributed by atoms with van der Waals surface area (Å²) >= 11 is 0. The second-order valence-electron chi connectivity index (χ2n) is 11.5. The highest BCUT2D eigenvalue weighted by Crippen LogP contribution is 2.37. The van der Waals surface area contributed by atoms with Crippen molar-refractivity contribution in [2.45, 2.75) is 0 Å². The molecule has 5 nitrogen and oxygen atoms in total. The van der Waals surface area contributed by atoms with E-state index in [1.165, 1.54) is 10.8 Å². The van der Waals surface area contributed by atoms with Crippen molar-refractivity contribution in [3.05, 3.63) is 158 Å². The van der Waals surface area contributed by atoms with Crippen LogP contribution in [0, 0.1) is 0 Å². The van der Waals surface area contributed by atoms with E-state index in [9.17, 15) is 0 Å². The lowest BCUT2D eigenvalue weighted by molar-refractivity contribution is 0.623. The van der Waals surface area contributed by atoms with Gasteiger partial charge in [0.05, 0.1) is 0 Å². The molecule has 0 aliphatic carbocycles. The van der Waals surface area contributed by atoms with E-state index in [2.05, 4.69) is 78.9 Å². The molecule has 7 aromatic carbocycles. The Labute approximate surface area is 270 Å². The molecule has 5 heteroatoms. The molecule has 0 saturated carbocycles. The molecule has 220 valence electrons. The van der Waals surface area contributed by atoms with Crippen molar-refractivity contribution >= 4 is 32.6 Å². The van der Waals surface area contributed by atoms with Crippen molar-refractivity contribution in [2.75, 3.05) is 0 Å². The number of fused-ring (bicyclic) bond motifs is 4. The fourth-order valence-corrected chi connectivity index (χ4v) is 6.19. The van der Waals surface area contributed by atoms with Crippen LogP contribution in [-0.2, 0) is 0 Å². The number of oxazole rings is 1. The molecule has 0 spiro atoms. The highest BCUT2D eigenvalue weighted by molar-refractivity contribution is 6.10. The third kappa shape index (κ3) is 4.91. The number of aromatic nitrogens is 4. The van der Waals surface area contributed by atoms with Gasteiger partial charge in [0.1, 0.15) is 5.52 Å². The van der Waals surface area contributed by atoms with E-state index in [0.29, 0.717) is 28.9 Å². The van der Waals surface area contributed by atoms with Gasteiger partial charge in [0.2, 0.25) is 5.89 Å². The van der Waals surface area contributed by atoms with Crippen LogP contribution in [-0.4, -0.2) is 19.9 Å². The van der Waals surface area contributed by atoms with Gasteiger partial charge in [-0.3, -0.25) is 0 Å². The van der Waals surface area contributed by atoms with Gasteiger partial charge in [-0.2, -0.15) is 0 Å². The standard InChI is InChI=1S/C42H26N4O/c1-3-12-29(13-4-1)39-44-40(34-19-9-18-32(26-34)33-22-21-27-11-7-8-16-31(27)25-33)46-41(45-39)35-20-10-17-28-23-24-36-38(37(28)35)47-42(43-36)30-14-5-2-6-15-30/h1-26H. The zero-order valence-electron chi connectivity index (χ0n) is 25.2. The van der Waals surface area contributed by atoms with E-state index in [1.807, 2.05) is 78.9 Å². The van der Waals surface area contributed by atoms with Crippen LogP contribution in [0.3, 0.4) is 0 Å². The predicted octanol–water partition coefficient (Wildman–Crippen LogP) is 10.7. The van der Waals surface area contributed by atoms with Crippen LogP contribution >= 0.6 is 0 Å². The lowest BCUT2D eigenvalue weighted by atomic mass is 9.99. The summed E-state index contributed by atoms with van der Waals surface area (Å²) in [6.45, 7) is 0. The Morgan fingerprint density at radius 3 is 1.79 bits per heavy atom. The molecule has 0 fully saturated rings. The molecule has 0 bridgehead atoms. The van der Waals surface area contributed by atoms with E-state index < -0.39 is 0 Å². The minimum absolute atomic E-state index is 0.570. The Morgan fingerprint density at radius 1 is 0.362 bits per heavy atom. The van der Waals surface area contributed by atoms with Gasteiger partial charge in [0, 0.05) is 27.6 Å². The molecule has 0 N–H and O–H groups in total. The Bertz CT molecular complexity index is 2580. The summed E-state index contributed by atoms with van der Waals surface area (Å²) in [5, 5.41) is 4.36. The molecule has 0 aliphatic rings. The molecule has 2 aromatic heterocycles. The van der Waals surface area contributed by atoms with Gasteiger partial charge >= 0.3 is 0 Å². The summed E-state index contributed by atoms with van der Waals surface area (Å²) in [5.74, 6) is 2.35. The zero-order valence-corrected chi connectivity index (χ0v) is 25.2. The Morgan fingerprint density at radius 2 is 0.957 bits per heavy atom. The second kappa shape index (κ2) is 11.2. The average molecular weight is 603 g/mol. The maximum absolute atomic E-state index is 6.47. The van der Waals surface area contributed by atoms with Gasteiger partial charge in [-0.25, -0.2) is 19.9 Å². The van der Waals surface area contributed by atoms with E-state index >= 15 is 0 Å². The van der Waals surface area contributed by atoms with Crippen LogP contribution in [0.15, 0.2) is 162 Å². The molecular weight excluding hydrogens is 576 g/mol. The van der Waals surface area contributed by atoms with Gasteiger partial charge in [0.25, 0.3) is 0 Å². The van der Waals surface area contributed by atoms with Gasteiger partial charge in [0.15, 0.2) is 23.1 Å². The molecule has 0 aliphatic heterocycles. The maximum Gasteiger partial charge on any atom is 0.227 e. The number of nitrogens with zero attached hydrogens (tertiary/aromatic N) is 4. The number of hydrogen-bond donors (Lipinski definition) is 0. The Hall–Kier alpha value is -6.46.